The number of rotatable bonds is 7. The van der Waals surface area contributed by atoms with Crippen LogP contribution in [-0.4, -0.2) is 31.0 Å². The third-order valence-electron chi connectivity index (χ3n) is 4.38. The van der Waals surface area contributed by atoms with Gasteiger partial charge in [-0.15, -0.1) is 0 Å². The van der Waals surface area contributed by atoms with Crippen LogP contribution in [0.1, 0.15) is 5.56 Å². The van der Waals surface area contributed by atoms with Crippen molar-refractivity contribution in [3.8, 4) is 5.75 Å². The fraction of sp³-hybridized carbons (Fsp3) is 0.100. The lowest BCUT2D eigenvalue weighted by atomic mass is 10.1. The van der Waals surface area contributed by atoms with Crippen LogP contribution >= 0.6 is 11.8 Å². The largest absolute Gasteiger partial charge is 0.506 e. The highest BCUT2D eigenvalue weighted by molar-refractivity contribution is 7.99. The molecule has 0 radical (unpaired) electrons. The van der Waals surface area contributed by atoms with Gasteiger partial charge in [0.1, 0.15) is 11.3 Å². The molecule has 0 spiro atoms. The highest BCUT2D eigenvalue weighted by Crippen LogP contribution is 2.32. The summed E-state index contributed by atoms with van der Waals surface area (Å²) < 4.78 is 1.93. The Morgan fingerprint density at radius 1 is 1.24 bits per heavy atom. The number of aromatic hydroxyl groups is 1. The van der Waals surface area contributed by atoms with Crippen molar-refractivity contribution in [1.82, 2.24) is 19.5 Å². The lowest BCUT2D eigenvalue weighted by Gasteiger charge is -2.06. The van der Waals surface area contributed by atoms with E-state index in [4.69, 9.17) is 5.41 Å². The van der Waals surface area contributed by atoms with Crippen LogP contribution in [0, 0.1) is 5.41 Å². The van der Waals surface area contributed by atoms with Crippen LogP contribution in [0.2, 0.25) is 0 Å². The number of hydrogen-bond donors (Lipinski definition) is 4. The van der Waals surface area contributed by atoms with Crippen LogP contribution in [0.25, 0.3) is 11.2 Å². The average molecular weight is 406 g/mol. The van der Waals surface area contributed by atoms with E-state index >= 15 is 0 Å². The topological polar surface area (TPSA) is 120 Å². The number of nitrogens with one attached hydrogen (secondary N) is 3. The number of carbonyl (C=O) groups excluding carboxylic acids is 1. The third-order valence-corrected chi connectivity index (χ3v) is 5.26. The summed E-state index contributed by atoms with van der Waals surface area (Å²) in [7, 11) is 0. The van der Waals surface area contributed by atoms with Crippen LogP contribution in [0.5, 0.6) is 5.75 Å². The number of anilines is 1. The van der Waals surface area contributed by atoms with Crippen LogP contribution in [0.15, 0.2) is 64.9 Å². The number of aromatic nitrogens is 4. The summed E-state index contributed by atoms with van der Waals surface area (Å²) in [6.07, 6.45) is 2.97. The number of phenols is 1. The van der Waals surface area contributed by atoms with E-state index in [1.165, 1.54) is 17.3 Å². The maximum atomic E-state index is 10.5. The van der Waals surface area contributed by atoms with Crippen LogP contribution in [0.3, 0.4) is 0 Å². The second-order valence-electron chi connectivity index (χ2n) is 6.31. The van der Waals surface area contributed by atoms with Crippen LogP contribution in [-0.2, 0) is 17.8 Å². The normalized spacial score (nSPS) is 10.9. The van der Waals surface area contributed by atoms with E-state index in [1.807, 2.05) is 22.8 Å². The molecule has 4 rings (SSSR count). The first-order valence-corrected chi connectivity index (χ1v) is 9.70. The van der Waals surface area contributed by atoms with E-state index in [-0.39, 0.29) is 11.2 Å². The number of amides is 1. The molecule has 146 valence electrons. The number of fused-ring (bicyclic) bond motifs is 1. The summed E-state index contributed by atoms with van der Waals surface area (Å²) in [4.78, 5) is 23.2. The molecule has 0 aliphatic heterocycles. The number of benzene rings is 2. The van der Waals surface area contributed by atoms with Gasteiger partial charge in [0.05, 0.1) is 12.0 Å². The van der Waals surface area contributed by atoms with Crippen LogP contribution < -0.4 is 10.8 Å². The summed E-state index contributed by atoms with van der Waals surface area (Å²) in [5, 5.41) is 21.1. The van der Waals surface area contributed by atoms with Gasteiger partial charge >= 0.3 is 0 Å². The summed E-state index contributed by atoms with van der Waals surface area (Å²) in [5.41, 5.74) is 2.90. The molecule has 0 atom stereocenters. The van der Waals surface area contributed by atoms with Gasteiger partial charge in [-0.3, -0.25) is 10.2 Å². The first-order valence-electron chi connectivity index (χ1n) is 8.89. The lowest BCUT2D eigenvalue weighted by molar-refractivity contribution is -0.105. The second kappa shape index (κ2) is 8.19. The number of aromatic amines is 1. The fourth-order valence-electron chi connectivity index (χ4n) is 2.94. The van der Waals surface area contributed by atoms with Gasteiger partial charge in [-0.1, -0.05) is 42.1 Å². The maximum Gasteiger partial charge on any atom is 0.211 e. The highest BCUT2D eigenvalue weighted by Gasteiger charge is 2.11. The first-order chi connectivity index (χ1) is 14.1. The van der Waals surface area contributed by atoms with Crippen LogP contribution in [0.4, 0.5) is 5.69 Å². The smallest absolute Gasteiger partial charge is 0.211 e. The van der Waals surface area contributed by atoms with E-state index in [0.717, 1.165) is 11.3 Å². The summed E-state index contributed by atoms with van der Waals surface area (Å²) in [6.45, 7) is 0.690. The Morgan fingerprint density at radius 2 is 2.07 bits per heavy atom. The summed E-state index contributed by atoms with van der Waals surface area (Å²) >= 11 is 1.32. The number of hydrogen-bond acceptors (Lipinski definition) is 6. The third kappa shape index (κ3) is 4.14. The molecule has 0 aliphatic rings. The Labute approximate surface area is 170 Å². The number of carbonyl (C=O) groups is 1. The Morgan fingerprint density at radius 3 is 2.83 bits per heavy atom. The van der Waals surface area contributed by atoms with Gasteiger partial charge in [0.15, 0.2) is 16.3 Å². The van der Waals surface area contributed by atoms with Gasteiger partial charge < -0.3 is 20.0 Å². The Hall–Kier alpha value is -3.59. The lowest BCUT2D eigenvalue weighted by Crippen LogP contribution is -2.13. The minimum absolute atomic E-state index is 0.0287. The molecule has 1 amide bonds. The summed E-state index contributed by atoms with van der Waals surface area (Å²) in [6, 6.07) is 15.1. The van der Waals surface area contributed by atoms with Gasteiger partial charge in [-0.25, -0.2) is 9.97 Å². The Bertz CT molecular complexity index is 1220. The molecule has 4 N–H and O–H groups in total. The van der Waals surface area contributed by atoms with Gasteiger partial charge in [-0.05, 0) is 30.2 Å². The molecule has 0 aliphatic carbocycles. The Kier molecular flexibility index (Phi) is 5.30. The number of aryl methyl sites for hydroxylation is 2. The molecule has 2 heterocycles. The standard InChI is InChI=1S/C20H18N6O2S/c21-18-17-19(26(11-22-18)9-8-13-4-2-1-3-5-13)25-20(24-17)29-14-6-7-15(23-12-27)16(28)10-14/h1-7,10-12,21,28H,8-9H2,(H,23,27)(H,24,25). The molecule has 0 unspecified atom stereocenters. The monoisotopic (exact) mass is 406 g/mol. The minimum Gasteiger partial charge on any atom is -0.506 e. The molecule has 8 nitrogen and oxygen atoms in total. The molecule has 4 aromatic rings. The number of nitrogens with zero attached hydrogens (tertiary/aromatic N) is 3. The SMILES string of the molecule is N=c1ncn(CCc2ccccc2)c2nc(Sc3ccc(NC=O)c(O)c3)[nH]c12. The van der Waals surface area contributed by atoms with Crippen molar-refractivity contribution >= 4 is 35.0 Å². The molecule has 0 bridgehead atoms. The number of imidazole rings is 1. The maximum absolute atomic E-state index is 10.5. The van der Waals surface area contributed by atoms with Crippen molar-refractivity contribution in [1.29, 1.82) is 5.41 Å². The van der Waals surface area contributed by atoms with E-state index in [2.05, 4.69) is 32.4 Å². The zero-order valence-corrected chi connectivity index (χ0v) is 16.1. The fourth-order valence-corrected chi connectivity index (χ4v) is 3.76. The molecule has 0 saturated carbocycles. The average Bonchev–Trinajstić information content (AvgIpc) is 3.15. The minimum atomic E-state index is -0.0287. The highest BCUT2D eigenvalue weighted by atomic mass is 32.2. The van der Waals surface area contributed by atoms with E-state index < -0.39 is 0 Å². The molecule has 0 saturated heterocycles. The predicted molar refractivity (Wildman–Crippen MR) is 110 cm³/mol. The first kappa shape index (κ1) is 18.8. The summed E-state index contributed by atoms with van der Waals surface area (Å²) in [5.74, 6) is -0.0287. The number of H-pyrrole nitrogens is 1. The van der Waals surface area contributed by atoms with Gasteiger partial charge in [0.2, 0.25) is 6.41 Å². The zero-order chi connectivity index (χ0) is 20.2. The van der Waals surface area contributed by atoms with Crippen molar-refractivity contribution in [3.05, 3.63) is 65.9 Å². The number of phenolic OH excluding ortho intramolecular Hbond substituents is 1. The van der Waals surface area contributed by atoms with Crippen molar-refractivity contribution in [2.45, 2.75) is 23.0 Å². The van der Waals surface area contributed by atoms with Crippen molar-refractivity contribution in [3.63, 3.8) is 0 Å². The molecule has 2 aromatic carbocycles. The quantitative estimate of drug-likeness (QED) is 0.278. The molecule has 9 heteroatoms. The zero-order valence-electron chi connectivity index (χ0n) is 15.3. The predicted octanol–water partition coefficient (Wildman–Crippen LogP) is 2.91. The van der Waals surface area contributed by atoms with E-state index in [9.17, 15) is 9.90 Å². The van der Waals surface area contributed by atoms with Gasteiger partial charge in [-0.2, -0.15) is 0 Å². The second-order valence-corrected chi connectivity index (χ2v) is 7.37. The Balaban J connectivity index is 1.60. The molecular weight excluding hydrogens is 388 g/mol. The molecule has 29 heavy (non-hydrogen) atoms. The van der Waals surface area contributed by atoms with Crippen molar-refractivity contribution < 1.29 is 9.90 Å². The van der Waals surface area contributed by atoms with E-state index in [1.54, 1.807) is 24.5 Å². The molecule has 2 aromatic heterocycles. The molecule has 0 fully saturated rings. The van der Waals surface area contributed by atoms with E-state index in [0.29, 0.717) is 35.0 Å². The van der Waals surface area contributed by atoms with Gasteiger partial charge in [0, 0.05) is 11.4 Å². The van der Waals surface area contributed by atoms with Crippen molar-refractivity contribution in [2.24, 2.45) is 0 Å². The van der Waals surface area contributed by atoms with Gasteiger partial charge in [0.25, 0.3) is 0 Å². The van der Waals surface area contributed by atoms with Crippen molar-refractivity contribution in [2.75, 3.05) is 5.32 Å². The molecular formula is C20H18N6O2S.